The normalized spacial score (nSPS) is 15.5. The van der Waals surface area contributed by atoms with E-state index < -0.39 is 11.7 Å². The van der Waals surface area contributed by atoms with Crippen LogP contribution in [0.15, 0.2) is 24.3 Å². The molecule has 0 radical (unpaired) electrons. The molecule has 5 heteroatoms. The van der Waals surface area contributed by atoms with Crippen LogP contribution in [-0.4, -0.2) is 29.8 Å². The SMILES string of the molecule is CC(C)(C)OC(=O)Nc1ccc(ON2CCC2)cc1. The number of hydrogen-bond acceptors (Lipinski definition) is 4. The van der Waals surface area contributed by atoms with Gasteiger partial charge >= 0.3 is 6.09 Å². The van der Waals surface area contributed by atoms with E-state index in [0.29, 0.717) is 5.69 Å². The van der Waals surface area contributed by atoms with Crippen LogP contribution in [0.1, 0.15) is 27.2 Å². The Hall–Kier alpha value is -1.75. The van der Waals surface area contributed by atoms with Crippen LogP contribution in [0.25, 0.3) is 0 Å². The molecule has 5 nitrogen and oxygen atoms in total. The van der Waals surface area contributed by atoms with E-state index >= 15 is 0 Å². The minimum atomic E-state index is -0.495. The van der Waals surface area contributed by atoms with Gasteiger partial charge in [0.25, 0.3) is 0 Å². The Morgan fingerprint density at radius 1 is 1.21 bits per heavy atom. The Morgan fingerprint density at radius 2 is 1.84 bits per heavy atom. The van der Waals surface area contributed by atoms with Gasteiger partial charge < -0.3 is 9.57 Å². The first-order chi connectivity index (χ1) is 8.92. The smallest absolute Gasteiger partial charge is 0.412 e. The highest BCUT2D eigenvalue weighted by Crippen LogP contribution is 2.19. The fourth-order valence-electron chi connectivity index (χ4n) is 1.55. The van der Waals surface area contributed by atoms with Crippen molar-refractivity contribution in [1.82, 2.24) is 5.06 Å². The molecule has 0 saturated carbocycles. The van der Waals surface area contributed by atoms with Crippen molar-refractivity contribution in [3.05, 3.63) is 24.3 Å². The molecule has 1 aliphatic rings. The Bertz CT molecular complexity index is 433. The molecule has 19 heavy (non-hydrogen) atoms. The van der Waals surface area contributed by atoms with Crippen LogP contribution in [0.4, 0.5) is 10.5 Å². The predicted molar refractivity (Wildman–Crippen MR) is 73.1 cm³/mol. The number of benzene rings is 1. The quantitative estimate of drug-likeness (QED) is 0.911. The van der Waals surface area contributed by atoms with Crippen molar-refractivity contribution in [2.45, 2.75) is 32.8 Å². The van der Waals surface area contributed by atoms with Gasteiger partial charge in [-0.25, -0.2) is 4.79 Å². The fraction of sp³-hybridized carbons (Fsp3) is 0.500. The number of carbonyl (C=O) groups is 1. The number of hydroxylamine groups is 2. The molecule has 1 saturated heterocycles. The summed E-state index contributed by atoms with van der Waals surface area (Å²) in [5.41, 5.74) is 0.190. The van der Waals surface area contributed by atoms with Gasteiger partial charge in [-0.15, -0.1) is 5.06 Å². The maximum atomic E-state index is 11.6. The first-order valence-corrected chi connectivity index (χ1v) is 6.45. The minimum absolute atomic E-state index is 0.455. The second-order valence-electron chi connectivity index (χ2n) is 5.53. The molecule has 1 fully saturated rings. The number of nitrogens with one attached hydrogen (secondary N) is 1. The van der Waals surface area contributed by atoms with Crippen LogP contribution in [0, 0.1) is 0 Å². The van der Waals surface area contributed by atoms with Gasteiger partial charge in [0.05, 0.1) is 0 Å². The van der Waals surface area contributed by atoms with Gasteiger partial charge in [-0.1, -0.05) is 0 Å². The zero-order valence-corrected chi connectivity index (χ0v) is 11.6. The maximum Gasteiger partial charge on any atom is 0.412 e. The molecule has 0 bridgehead atoms. The number of ether oxygens (including phenoxy) is 1. The molecular weight excluding hydrogens is 244 g/mol. The number of nitrogens with zero attached hydrogens (tertiary/aromatic N) is 1. The summed E-state index contributed by atoms with van der Waals surface area (Å²) in [5, 5.41) is 4.58. The Morgan fingerprint density at radius 3 is 2.32 bits per heavy atom. The molecule has 0 spiro atoms. The number of hydrogen-bond donors (Lipinski definition) is 1. The number of amides is 1. The van der Waals surface area contributed by atoms with Crippen molar-refractivity contribution in [2.24, 2.45) is 0 Å². The largest absolute Gasteiger partial charge is 0.444 e. The Labute approximate surface area is 113 Å². The summed E-state index contributed by atoms with van der Waals surface area (Å²) in [6.07, 6.45) is 0.724. The van der Waals surface area contributed by atoms with E-state index in [4.69, 9.17) is 9.57 Å². The van der Waals surface area contributed by atoms with E-state index in [1.54, 1.807) is 12.1 Å². The number of rotatable bonds is 3. The molecule has 1 aromatic carbocycles. The second-order valence-corrected chi connectivity index (χ2v) is 5.53. The molecular formula is C14H20N2O3. The summed E-state index contributed by atoms with van der Waals surface area (Å²) in [4.78, 5) is 17.2. The monoisotopic (exact) mass is 264 g/mol. The molecule has 1 N–H and O–H groups in total. The summed E-state index contributed by atoms with van der Waals surface area (Å²) in [5.74, 6) is 0.773. The van der Waals surface area contributed by atoms with Gasteiger partial charge in [0.1, 0.15) is 11.4 Å². The molecule has 1 aromatic rings. The van der Waals surface area contributed by atoms with Crippen molar-refractivity contribution in [3.8, 4) is 5.75 Å². The summed E-state index contributed by atoms with van der Waals surface area (Å²) in [6, 6.07) is 7.23. The van der Waals surface area contributed by atoms with Crippen LogP contribution in [0.2, 0.25) is 0 Å². The van der Waals surface area contributed by atoms with E-state index in [2.05, 4.69) is 5.32 Å². The second kappa shape index (κ2) is 5.48. The fourth-order valence-corrected chi connectivity index (χ4v) is 1.55. The van der Waals surface area contributed by atoms with Crippen LogP contribution in [0.5, 0.6) is 5.75 Å². The van der Waals surface area contributed by atoms with E-state index in [1.165, 1.54) is 6.42 Å². The van der Waals surface area contributed by atoms with Crippen molar-refractivity contribution < 1.29 is 14.4 Å². The number of carbonyl (C=O) groups excluding carboxylic acids is 1. The summed E-state index contributed by atoms with van der Waals surface area (Å²) in [7, 11) is 0. The van der Waals surface area contributed by atoms with Crippen molar-refractivity contribution in [1.29, 1.82) is 0 Å². The highest BCUT2D eigenvalue weighted by molar-refractivity contribution is 5.84. The summed E-state index contributed by atoms with van der Waals surface area (Å²) < 4.78 is 5.17. The lowest BCUT2D eigenvalue weighted by atomic mass is 10.2. The van der Waals surface area contributed by atoms with Gasteiger partial charge in [-0.05, 0) is 51.5 Å². The van der Waals surface area contributed by atoms with Gasteiger partial charge in [0, 0.05) is 18.8 Å². The zero-order chi connectivity index (χ0) is 13.9. The third kappa shape index (κ3) is 4.44. The Balaban J connectivity index is 1.85. The first kappa shape index (κ1) is 13.7. The van der Waals surface area contributed by atoms with E-state index in [-0.39, 0.29) is 0 Å². The first-order valence-electron chi connectivity index (χ1n) is 6.45. The van der Waals surface area contributed by atoms with Gasteiger partial charge in [-0.2, -0.15) is 0 Å². The lowest BCUT2D eigenvalue weighted by molar-refractivity contribution is -0.107. The molecule has 0 unspecified atom stereocenters. The predicted octanol–water partition coefficient (Wildman–Crippen LogP) is 3.03. The molecule has 1 heterocycles. The van der Waals surface area contributed by atoms with E-state index in [9.17, 15) is 4.79 Å². The van der Waals surface area contributed by atoms with Crippen LogP contribution in [-0.2, 0) is 4.74 Å². The standard InChI is InChI=1S/C14H20N2O3/c1-14(2,3)18-13(17)15-11-5-7-12(8-6-11)19-16-9-4-10-16/h5-8H,4,9-10H2,1-3H3,(H,15,17). The summed E-state index contributed by atoms with van der Waals surface area (Å²) >= 11 is 0. The average Bonchev–Trinajstić information content (AvgIpc) is 2.23. The van der Waals surface area contributed by atoms with E-state index in [0.717, 1.165) is 18.8 Å². The average molecular weight is 264 g/mol. The number of anilines is 1. The molecule has 2 rings (SSSR count). The highest BCUT2D eigenvalue weighted by Gasteiger charge is 2.17. The molecule has 1 amide bonds. The maximum absolute atomic E-state index is 11.6. The topological polar surface area (TPSA) is 50.8 Å². The van der Waals surface area contributed by atoms with Gasteiger partial charge in [0.15, 0.2) is 0 Å². The van der Waals surface area contributed by atoms with Crippen molar-refractivity contribution in [3.63, 3.8) is 0 Å². The molecule has 104 valence electrons. The molecule has 1 aliphatic heterocycles. The lowest BCUT2D eigenvalue weighted by Crippen LogP contribution is -2.39. The molecule has 0 atom stereocenters. The third-order valence-corrected chi connectivity index (χ3v) is 2.55. The highest BCUT2D eigenvalue weighted by atomic mass is 16.7. The minimum Gasteiger partial charge on any atom is -0.444 e. The van der Waals surface area contributed by atoms with Gasteiger partial charge in [0.2, 0.25) is 0 Å². The van der Waals surface area contributed by atoms with Crippen LogP contribution >= 0.6 is 0 Å². The molecule has 0 aliphatic carbocycles. The zero-order valence-electron chi connectivity index (χ0n) is 11.6. The van der Waals surface area contributed by atoms with Crippen molar-refractivity contribution in [2.75, 3.05) is 18.4 Å². The van der Waals surface area contributed by atoms with E-state index in [1.807, 2.05) is 38.0 Å². The van der Waals surface area contributed by atoms with Gasteiger partial charge in [-0.3, -0.25) is 5.32 Å². The van der Waals surface area contributed by atoms with Crippen molar-refractivity contribution >= 4 is 11.8 Å². The molecule has 0 aromatic heterocycles. The van der Waals surface area contributed by atoms with Crippen LogP contribution < -0.4 is 10.2 Å². The summed E-state index contributed by atoms with van der Waals surface area (Å²) in [6.45, 7) is 7.43. The van der Waals surface area contributed by atoms with Crippen LogP contribution in [0.3, 0.4) is 0 Å². The Kier molecular flexibility index (Phi) is 3.95. The third-order valence-electron chi connectivity index (χ3n) is 2.55. The lowest BCUT2D eigenvalue weighted by Gasteiger charge is -2.29.